The van der Waals surface area contributed by atoms with Crippen molar-refractivity contribution in [2.75, 3.05) is 0 Å². The lowest BCUT2D eigenvalue weighted by atomic mass is 9.97. The number of carbonyl (C=O) groups excluding carboxylic acids is 1. The van der Waals surface area contributed by atoms with Gasteiger partial charge in [-0.3, -0.25) is 4.79 Å². The Bertz CT molecular complexity index is 263. The van der Waals surface area contributed by atoms with Gasteiger partial charge in [-0.1, -0.05) is 0 Å². The highest BCUT2D eigenvalue weighted by Crippen LogP contribution is 2.05. The van der Waals surface area contributed by atoms with Gasteiger partial charge in [0.05, 0.1) is 35.6 Å². The van der Waals surface area contributed by atoms with Crippen LogP contribution >= 0.6 is 11.7 Å². The number of nitrogens with two attached hydrogens (primary N) is 1. The number of hydrogen-bond donors (Lipinski definition) is 1. The van der Waals surface area contributed by atoms with Crippen molar-refractivity contribution in [3.8, 4) is 0 Å². The summed E-state index contributed by atoms with van der Waals surface area (Å²) in [6.45, 7) is 3.38. The second-order valence-electron chi connectivity index (χ2n) is 3.22. The van der Waals surface area contributed by atoms with Crippen LogP contribution in [0.3, 0.4) is 0 Å². The van der Waals surface area contributed by atoms with E-state index >= 15 is 0 Å². The van der Waals surface area contributed by atoms with Crippen LogP contribution in [-0.4, -0.2) is 20.1 Å². The van der Waals surface area contributed by atoms with E-state index in [4.69, 9.17) is 5.73 Å². The Morgan fingerprint density at radius 1 is 1.75 bits per heavy atom. The molecule has 0 aromatic carbocycles. The van der Waals surface area contributed by atoms with E-state index in [0.29, 0.717) is 5.69 Å². The fraction of sp³-hybridized carbons (Fsp3) is 0.571. The molecule has 0 atom stereocenters. The summed E-state index contributed by atoms with van der Waals surface area (Å²) in [5.41, 5.74) is 5.52. The minimum absolute atomic E-state index is 0.0183. The van der Waals surface area contributed by atoms with Crippen molar-refractivity contribution in [3.63, 3.8) is 0 Å². The molecule has 0 fully saturated rings. The molecule has 0 bridgehead atoms. The molecule has 0 spiro atoms. The molecule has 0 unspecified atom stereocenters. The summed E-state index contributed by atoms with van der Waals surface area (Å²) in [5, 5.41) is 0. The van der Waals surface area contributed by atoms with Gasteiger partial charge in [-0.2, -0.15) is 8.75 Å². The van der Waals surface area contributed by atoms with Gasteiger partial charge in [0.1, 0.15) is 0 Å². The fourth-order valence-electron chi connectivity index (χ4n) is 0.654. The summed E-state index contributed by atoms with van der Waals surface area (Å²) in [6.07, 6.45) is 1.87. The predicted molar refractivity (Wildman–Crippen MR) is 46.9 cm³/mol. The third-order valence-corrected chi connectivity index (χ3v) is 1.98. The third-order valence-electron chi connectivity index (χ3n) is 1.47. The Labute approximate surface area is 75.1 Å². The van der Waals surface area contributed by atoms with E-state index in [1.807, 2.05) is 0 Å². The molecule has 5 heteroatoms. The van der Waals surface area contributed by atoms with Crippen molar-refractivity contribution in [1.82, 2.24) is 8.75 Å². The molecule has 0 aliphatic heterocycles. The number of nitrogens with zero attached hydrogens (tertiary/aromatic N) is 2. The monoisotopic (exact) mass is 185 g/mol. The average molecular weight is 185 g/mol. The second-order valence-corrected chi connectivity index (χ2v) is 3.78. The molecule has 2 N–H and O–H groups in total. The molecule has 66 valence electrons. The lowest BCUT2D eigenvalue weighted by Gasteiger charge is -2.15. The molecule has 0 saturated carbocycles. The maximum atomic E-state index is 11.3. The molecule has 4 nitrogen and oxygen atoms in total. The van der Waals surface area contributed by atoms with Gasteiger partial charge in [0.25, 0.3) is 0 Å². The molecule has 1 rings (SSSR count). The van der Waals surface area contributed by atoms with E-state index in [9.17, 15) is 4.79 Å². The largest absolute Gasteiger partial charge is 0.319 e. The molecule has 0 amide bonds. The maximum Gasteiger partial charge on any atom is 0.158 e. The summed E-state index contributed by atoms with van der Waals surface area (Å²) >= 11 is 1.10. The Kier molecular flexibility index (Phi) is 2.54. The van der Waals surface area contributed by atoms with Crippen LogP contribution in [0.5, 0.6) is 0 Å². The smallest absolute Gasteiger partial charge is 0.158 e. The molecular weight excluding hydrogens is 174 g/mol. The lowest BCUT2D eigenvalue weighted by Crippen LogP contribution is -2.42. The van der Waals surface area contributed by atoms with E-state index in [-0.39, 0.29) is 12.2 Å². The molecule has 0 radical (unpaired) electrons. The molecule has 1 heterocycles. The summed E-state index contributed by atoms with van der Waals surface area (Å²) < 4.78 is 7.72. The predicted octanol–water partition coefficient (Wildman–Crippen LogP) is 0.387. The Morgan fingerprint density at radius 2 is 2.42 bits per heavy atom. The minimum Gasteiger partial charge on any atom is -0.319 e. The van der Waals surface area contributed by atoms with Crippen LogP contribution in [0.25, 0.3) is 0 Å². The highest BCUT2D eigenvalue weighted by atomic mass is 32.1. The van der Waals surface area contributed by atoms with Crippen LogP contribution < -0.4 is 5.73 Å². The van der Waals surface area contributed by atoms with Crippen LogP contribution in [0.15, 0.2) is 6.20 Å². The molecule has 1 aromatic rings. The normalized spacial score (nSPS) is 11.6. The highest BCUT2D eigenvalue weighted by molar-refractivity contribution is 6.99. The quantitative estimate of drug-likeness (QED) is 0.739. The third kappa shape index (κ3) is 2.35. The minimum atomic E-state index is -0.774. The van der Waals surface area contributed by atoms with Gasteiger partial charge in [0, 0.05) is 0 Å². The van der Waals surface area contributed by atoms with Crippen LogP contribution in [0.2, 0.25) is 0 Å². The first-order valence-corrected chi connectivity index (χ1v) is 4.32. The van der Waals surface area contributed by atoms with E-state index < -0.39 is 5.54 Å². The van der Waals surface area contributed by atoms with Gasteiger partial charge in [0.2, 0.25) is 0 Å². The molecule has 0 aliphatic carbocycles. The summed E-state index contributed by atoms with van der Waals surface area (Å²) in [4.78, 5) is 11.3. The summed E-state index contributed by atoms with van der Waals surface area (Å²) in [7, 11) is 0. The van der Waals surface area contributed by atoms with Gasteiger partial charge in [0.15, 0.2) is 5.78 Å². The van der Waals surface area contributed by atoms with Gasteiger partial charge in [-0.25, -0.2) is 0 Å². The van der Waals surface area contributed by atoms with Crippen LogP contribution in [0.1, 0.15) is 19.5 Å². The summed E-state index contributed by atoms with van der Waals surface area (Å²) in [6, 6.07) is 0. The molecule has 0 saturated heterocycles. The zero-order valence-electron chi connectivity index (χ0n) is 7.07. The van der Waals surface area contributed by atoms with Crippen molar-refractivity contribution in [3.05, 3.63) is 11.9 Å². The standard InChI is InChI=1S/C7H11N3OS/c1-7(2,8)6(11)3-5-4-9-12-10-5/h4H,3,8H2,1-2H3. The number of ketones is 1. The number of rotatable bonds is 3. The zero-order valence-corrected chi connectivity index (χ0v) is 7.89. The highest BCUT2D eigenvalue weighted by Gasteiger charge is 2.22. The molecule has 1 aromatic heterocycles. The fourth-order valence-corrected chi connectivity index (χ4v) is 1.09. The average Bonchev–Trinajstić information content (AvgIpc) is 2.37. The number of carbonyl (C=O) groups is 1. The number of hydrogen-bond acceptors (Lipinski definition) is 5. The van der Waals surface area contributed by atoms with Gasteiger partial charge >= 0.3 is 0 Å². The van der Waals surface area contributed by atoms with Gasteiger partial charge in [-0.05, 0) is 13.8 Å². The van der Waals surface area contributed by atoms with Crippen molar-refractivity contribution < 1.29 is 4.79 Å². The second kappa shape index (κ2) is 3.28. The molecule has 12 heavy (non-hydrogen) atoms. The van der Waals surface area contributed by atoms with E-state index in [1.165, 1.54) is 0 Å². The topological polar surface area (TPSA) is 68.9 Å². The van der Waals surface area contributed by atoms with Gasteiger partial charge in [-0.15, -0.1) is 0 Å². The SMILES string of the molecule is CC(C)(N)C(=O)Cc1cnsn1. The Morgan fingerprint density at radius 3 is 2.83 bits per heavy atom. The maximum absolute atomic E-state index is 11.3. The van der Waals surface area contributed by atoms with Crippen molar-refractivity contribution in [2.45, 2.75) is 25.8 Å². The van der Waals surface area contributed by atoms with Gasteiger partial charge < -0.3 is 5.73 Å². The number of aromatic nitrogens is 2. The number of Topliss-reactive ketones (excluding diaryl/α,β-unsaturated/α-hetero) is 1. The Hall–Kier alpha value is -0.810. The first-order chi connectivity index (χ1) is 5.50. The first-order valence-electron chi connectivity index (χ1n) is 3.59. The van der Waals surface area contributed by atoms with Crippen LogP contribution in [0.4, 0.5) is 0 Å². The molecule has 0 aliphatic rings. The molecular formula is C7H11N3OS. The van der Waals surface area contributed by atoms with E-state index in [0.717, 1.165) is 11.7 Å². The Balaban J connectivity index is 2.60. The van der Waals surface area contributed by atoms with Crippen molar-refractivity contribution in [1.29, 1.82) is 0 Å². The van der Waals surface area contributed by atoms with Crippen LogP contribution in [0, 0.1) is 0 Å². The van der Waals surface area contributed by atoms with E-state index in [1.54, 1.807) is 20.0 Å². The van der Waals surface area contributed by atoms with Crippen molar-refractivity contribution >= 4 is 17.5 Å². The first kappa shape index (κ1) is 9.28. The lowest BCUT2D eigenvalue weighted by molar-refractivity contribution is -0.122. The van der Waals surface area contributed by atoms with Crippen LogP contribution in [-0.2, 0) is 11.2 Å². The van der Waals surface area contributed by atoms with E-state index in [2.05, 4.69) is 8.75 Å². The summed E-state index contributed by atoms with van der Waals surface area (Å²) in [5.74, 6) is -0.0183. The zero-order chi connectivity index (χ0) is 9.19. The van der Waals surface area contributed by atoms with Crippen molar-refractivity contribution in [2.24, 2.45) is 5.73 Å².